The molecule has 0 aliphatic heterocycles. The fourth-order valence-corrected chi connectivity index (χ4v) is 1.64. The molecule has 0 heterocycles. The molecule has 4 heteroatoms. The second-order valence-electron chi connectivity index (χ2n) is 4.34. The van der Waals surface area contributed by atoms with Crippen molar-refractivity contribution in [3.63, 3.8) is 0 Å². The third-order valence-corrected chi connectivity index (χ3v) is 2.71. The molecular weight excluding hydrogens is 266 g/mol. The molecule has 0 saturated carbocycles. The van der Waals surface area contributed by atoms with Crippen molar-refractivity contribution in [1.82, 2.24) is 5.48 Å². The van der Waals surface area contributed by atoms with Crippen LogP contribution in [0.1, 0.15) is 16.7 Å². The number of ether oxygens (including phenoxy) is 1. The van der Waals surface area contributed by atoms with Crippen LogP contribution in [-0.4, -0.2) is 17.7 Å². The largest absolute Gasteiger partial charge is 0.367 e. The van der Waals surface area contributed by atoms with E-state index in [9.17, 15) is 4.79 Å². The molecule has 21 heavy (non-hydrogen) atoms. The number of carbonyl (C=O) groups is 1. The molecule has 0 fully saturated rings. The molecule has 0 spiro atoms. The summed E-state index contributed by atoms with van der Waals surface area (Å²) < 4.78 is 5.13. The number of carbonyl (C=O) groups excluding carboxylic acids is 1. The van der Waals surface area contributed by atoms with Gasteiger partial charge in [-0.15, -0.1) is 0 Å². The lowest BCUT2D eigenvalue weighted by atomic mass is 10.1. The lowest BCUT2D eigenvalue weighted by molar-refractivity contribution is -0.134. The van der Waals surface area contributed by atoms with Gasteiger partial charge in [-0.05, 0) is 29.8 Å². The summed E-state index contributed by atoms with van der Waals surface area (Å²) in [6.45, 7) is 0.131. The van der Waals surface area contributed by atoms with Crippen LogP contribution in [0.4, 0.5) is 0 Å². The monoisotopic (exact) mass is 281 g/mol. The predicted molar refractivity (Wildman–Crippen MR) is 78.4 cm³/mol. The highest BCUT2D eigenvalue weighted by molar-refractivity contribution is 5.75. The molecule has 0 saturated heterocycles. The van der Waals surface area contributed by atoms with Gasteiger partial charge in [-0.25, -0.2) is 5.48 Å². The summed E-state index contributed by atoms with van der Waals surface area (Å²) in [7, 11) is 0. The molecule has 2 aromatic carbocycles. The summed E-state index contributed by atoms with van der Waals surface area (Å²) >= 11 is 0. The van der Waals surface area contributed by atoms with Crippen LogP contribution in [0.5, 0.6) is 0 Å². The number of benzene rings is 2. The summed E-state index contributed by atoms with van der Waals surface area (Å²) in [6.07, 6.45) is 0. The Hall–Kier alpha value is -2.61. The van der Waals surface area contributed by atoms with Crippen LogP contribution in [0, 0.1) is 11.8 Å². The second kappa shape index (κ2) is 7.85. The number of hydrogen-bond acceptors (Lipinski definition) is 3. The number of nitrogens with one attached hydrogen (secondary N) is 1. The normalized spacial score (nSPS) is 9.57. The van der Waals surface area contributed by atoms with Crippen molar-refractivity contribution in [3.8, 4) is 11.8 Å². The summed E-state index contributed by atoms with van der Waals surface area (Å²) in [5.74, 6) is 5.60. The molecular formula is C17H15NO3. The molecule has 2 N–H and O–H groups in total. The Labute approximate surface area is 123 Å². The van der Waals surface area contributed by atoms with Crippen molar-refractivity contribution in [2.24, 2.45) is 0 Å². The van der Waals surface area contributed by atoms with Crippen LogP contribution in [0.25, 0.3) is 0 Å². The van der Waals surface area contributed by atoms with Gasteiger partial charge in [0.2, 0.25) is 0 Å². The van der Waals surface area contributed by atoms with Gasteiger partial charge in [-0.3, -0.25) is 10.0 Å². The molecule has 2 rings (SSSR count). The van der Waals surface area contributed by atoms with Crippen molar-refractivity contribution >= 4 is 5.91 Å². The number of hydrogen-bond donors (Lipinski definition) is 2. The maximum Gasteiger partial charge on any atom is 0.269 e. The molecule has 0 bridgehead atoms. The molecule has 2 aromatic rings. The van der Waals surface area contributed by atoms with Crippen molar-refractivity contribution in [2.75, 3.05) is 6.61 Å². The van der Waals surface area contributed by atoms with Gasteiger partial charge in [0.05, 0.1) is 6.61 Å². The van der Waals surface area contributed by atoms with Crippen LogP contribution < -0.4 is 5.48 Å². The van der Waals surface area contributed by atoms with Crippen molar-refractivity contribution < 1.29 is 14.7 Å². The zero-order chi connectivity index (χ0) is 14.9. The van der Waals surface area contributed by atoms with E-state index >= 15 is 0 Å². The summed E-state index contributed by atoms with van der Waals surface area (Å²) in [4.78, 5) is 10.8. The Morgan fingerprint density at radius 3 is 2.24 bits per heavy atom. The molecule has 0 aliphatic rings. The summed E-state index contributed by atoms with van der Waals surface area (Å²) in [5, 5.41) is 8.33. The minimum absolute atomic E-state index is 0.175. The molecule has 1 amide bonds. The zero-order valence-corrected chi connectivity index (χ0v) is 11.4. The fourth-order valence-electron chi connectivity index (χ4n) is 1.64. The van der Waals surface area contributed by atoms with E-state index in [4.69, 9.17) is 9.94 Å². The minimum Gasteiger partial charge on any atom is -0.367 e. The molecule has 106 valence electrons. The predicted octanol–water partition coefficient (Wildman–Crippen LogP) is 2.11. The Bertz CT molecular complexity index is 639. The lowest BCUT2D eigenvalue weighted by Gasteiger charge is -2.03. The van der Waals surface area contributed by atoms with E-state index in [0.29, 0.717) is 6.61 Å². The average Bonchev–Trinajstić information content (AvgIpc) is 2.55. The average molecular weight is 281 g/mol. The van der Waals surface area contributed by atoms with Crippen LogP contribution in [-0.2, 0) is 16.1 Å². The van der Waals surface area contributed by atoms with Gasteiger partial charge in [0, 0.05) is 11.1 Å². The van der Waals surface area contributed by atoms with Crippen LogP contribution in [0.3, 0.4) is 0 Å². The number of rotatable bonds is 4. The third-order valence-electron chi connectivity index (χ3n) is 2.71. The Morgan fingerprint density at radius 2 is 1.62 bits per heavy atom. The first-order valence-corrected chi connectivity index (χ1v) is 6.44. The topological polar surface area (TPSA) is 58.6 Å². The van der Waals surface area contributed by atoms with E-state index < -0.39 is 5.91 Å². The standard InChI is InChI=1S/C17H15NO3/c19-17(18-20)13-21-12-16-10-8-15(9-11-16)7-6-14-4-2-1-3-5-14/h1-5,8-11,20H,12-13H2,(H,18,19). The smallest absolute Gasteiger partial charge is 0.269 e. The quantitative estimate of drug-likeness (QED) is 0.512. The van der Waals surface area contributed by atoms with Gasteiger partial charge in [-0.2, -0.15) is 0 Å². The lowest BCUT2D eigenvalue weighted by Crippen LogP contribution is -2.23. The van der Waals surface area contributed by atoms with E-state index in [-0.39, 0.29) is 6.61 Å². The van der Waals surface area contributed by atoms with Crippen LogP contribution in [0.2, 0.25) is 0 Å². The van der Waals surface area contributed by atoms with E-state index in [2.05, 4.69) is 11.8 Å². The minimum atomic E-state index is -0.569. The first-order valence-electron chi connectivity index (χ1n) is 6.44. The summed E-state index contributed by atoms with van der Waals surface area (Å²) in [6, 6.07) is 17.4. The maximum atomic E-state index is 10.8. The van der Waals surface area contributed by atoms with E-state index in [1.807, 2.05) is 54.6 Å². The zero-order valence-electron chi connectivity index (χ0n) is 11.4. The molecule has 0 radical (unpaired) electrons. The van der Waals surface area contributed by atoms with Crippen LogP contribution >= 0.6 is 0 Å². The Morgan fingerprint density at radius 1 is 1.00 bits per heavy atom. The van der Waals surface area contributed by atoms with E-state index in [1.165, 1.54) is 5.48 Å². The van der Waals surface area contributed by atoms with Gasteiger partial charge < -0.3 is 4.74 Å². The van der Waals surface area contributed by atoms with Gasteiger partial charge in [-0.1, -0.05) is 42.2 Å². The Balaban J connectivity index is 1.90. The second-order valence-corrected chi connectivity index (χ2v) is 4.34. The molecule has 0 unspecified atom stereocenters. The number of amides is 1. The van der Waals surface area contributed by atoms with Gasteiger partial charge in [0.1, 0.15) is 6.61 Å². The maximum absolute atomic E-state index is 10.8. The summed E-state index contributed by atoms with van der Waals surface area (Å²) in [5.41, 5.74) is 4.33. The highest BCUT2D eigenvalue weighted by atomic mass is 16.5. The molecule has 0 aliphatic carbocycles. The number of hydroxylamine groups is 1. The van der Waals surface area contributed by atoms with Crippen molar-refractivity contribution in [2.45, 2.75) is 6.61 Å². The van der Waals surface area contributed by atoms with Crippen LogP contribution in [0.15, 0.2) is 54.6 Å². The molecule has 0 atom stereocenters. The van der Waals surface area contributed by atoms with Gasteiger partial charge >= 0.3 is 0 Å². The highest BCUT2D eigenvalue weighted by Gasteiger charge is 1.99. The van der Waals surface area contributed by atoms with Crippen molar-refractivity contribution in [1.29, 1.82) is 0 Å². The van der Waals surface area contributed by atoms with E-state index in [1.54, 1.807) is 0 Å². The third kappa shape index (κ3) is 5.11. The van der Waals surface area contributed by atoms with Crippen molar-refractivity contribution in [3.05, 3.63) is 71.3 Å². The van der Waals surface area contributed by atoms with E-state index in [0.717, 1.165) is 16.7 Å². The van der Waals surface area contributed by atoms with Gasteiger partial charge in [0.15, 0.2) is 0 Å². The Kier molecular flexibility index (Phi) is 5.53. The molecule has 4 nitrogen and oxygen atoms in total. The van der Waals surface area contributed by atoms with Gasteiger partial charge in [0.25, 0.3) is 5.91 Å². The first-order chi connectivity index (χ1) is 10.3. The first kappa shape index (κ1) is 14.8. The highest BCUT2D eigenvalue weighted by Crippen LogP contribution is 2.05. The molecule has 0 aromatic heterocycles. The SMILES string of the molecule is O=C(COCc1ccc(C#Cc2ccccc2)cc1)NO. The fraction of sp³-hybridized carbons (Fsp3) is 0.118.